The summed E-state index contributed by atoms with van der Waals surface area (Å²) in [6.45, 7) is 0.196. The zero-order valence-electron chi connectivity index (χ0n) is 13.0. The molecule has 0 aliphatic carbocycles. The van der Waals surface area contributed by atoms with Crippen molar-refractivity contribution in [1.82, 2.24) is 4.98 Å². The predicted molar refractivity (Wildman–Crippen MR) is 94.9 cm³/mol. The number of benzene rings is 1. The van der Waals surface area contributed by atoms with Crippen LogP contribution in [0.5, 0.6) is 5.75 Å². The van der Waals surface area contributed by atoms with Gasteiger partial charge in [-0.1, -0.05) is 18.2 Å². The van der Waals surface area contributed by atoms with Crippen LogP contribution < -0.4 is 9.04 Å². The number of hydrogen-bond acceptors (Lipinski definition) is 5. The Bertz CT molecular complexity index is 895. The quantitative estimate of drug-likeness (QED) is 0.674. The molecule has 3 rings (SSSR count). The van der Waals surface area contributed by atoms with Crippen LogP contribution in [0.15, 0.2) is 70.5 Å². The topological polar surface area (TPSA) is 59.5 Å². The monoisotopic (exact) mass is 360 g/mol. The van der Waals surface area contributed by atoms with Gasteiger partial charge in [0.1, 0.15) is 9.96 Å². The molecule has 0 radical (unpaired) electrons. The number of pyridine rings is 1. The van der Waals surface area contributed by atoms with E-state index in [1.807, 2.05) is 6.07 Å². The minimum Gasteiger partial charge on any atom is -0.497 e. The second-order valence-electron chi connectivity index (χ2n) is 5.01. The summed E-state index contributed by atoms with van der Waals surface area (Å²) in [6, 6.07) is 14.0. The van der Waals surface area contributed by atoms with E-state index in [1.165, 1.54) is 15.6 Å². The van der Waals surface area contributed by atoms with Gasteiger partial charge in [0.25, 0.3) is 10.0 Å². The van der Waals surface area contributed by atoms with Gasteiger partial charge in [-0.2, -0.15) is 0 Å². The molecule has 7 heteroatoms. The average Bonchev–Trinajstić information content (AvgIpc) is 3.16. The normalized spacial score (nSPS) is 11.2. The van der Waals surface area contributed by atoms with Gasteiger partial charge in [-0.15, -0.1) is 11.3 Å². The molecule has 0 N–H and O–H groups in total. The van der Waals surface area contributed by atoms with E-state index in [2.05, 4.69) is 4.98 Å². The van der Waals surface area contributed by atoms with Crippen molar-refractivity contribution in [2.75, 3.05) is 11.4 Å². The fraction of sp³-hybridized carbons (Fsp3) is 0.118. The van der Waals surface area contributed by atoms with E-state index in [9.17, 15) is 8.42 Å². The highest BCUT2D eigenvalue weighted by atomic mass is 32.2. The van der Waals surface area contributed by atoms with Crippen molar-refractivity contribution in [3.05, 3.63) is 71.9 Å². The third kappa shape index (κ3) is 3.42. The fourth-order valence-electron chi connectivity index (χ4n) is 2.26. The van der Waals surface area contributed by atoms with Gasteiger partial charge in [0.05, 0.1) is 19.3 Å². The van der Waals surface area contributed by atoms with E-state index in [0.717, 1.165) is 5.56 Å². The lowest BCUT2D eigenvalue weighted by atomic mass is 10.2. The summed E-state index contributed by atoms with van der Waals surface area (Å²) >= 11 is 1.20. The van der Waals surface area contributed by atoms with Crippen molar-refractivity contribution in [3.63, 3.8) is 0 Å². The van der Waals surface area contributed by atoms with Crippen LogP contribution in [0.4, 0.5) is 5.69 Å². The van der Waals surface area contributed by atoms with Crippen molar-refractivity contribution >= 4 is 27.0 Å². The maximum absolute atomic E-state index is 13.1. The summed E-state index contributed by atoms with van der Waals surface area (Å²) in [5.74, 6) is 0.602. The summed E-state index contributed by atoms with van der Waals surface area (Å²) in [7, 11) is -2.11. The minimum absolute atomic E-state index is 0.196. The first kappa shape index (κ1) is 16.5. The van der Waals surface area contributed by atoms with Crippen LogP contribution in [-0.2, 0) is 16.6 Å². The molecule has 0 saturated carbocycles. The summed E-state index contributed by atoms with van der Waals surface area (Å²) in [5.41, 5.74) is 1.35. The molecule has 0 bridgehead atoms. The standard InChI is InChI=1S/C17H16N2O3S2/c1-22-16-7-2-6-15(11-16)19(13-14-5-3-9-18-12-14)24(20,21)17-8-4-10-23-17/h2-12H,13H2,1H3. The smallest absolute Gasteiger partial charge is 0.274 e. The molecule has 0 aliphatic rings. The SMILES string of the molecule is COc1cccc(N(Cc2cccnc2)S(=O)(=O)c2cccs2)c1. The summed E-state index contributed by atoms with van der Waals surface area (Å²) < 4.78 is 33.0. The van der Waals surface area contributed by atoms with Crippen LogP contribution in [0, 0.1) is 0 Å². The van der Waals surface area contributed by atoms with E-state index in [4.69, 9.17) is 4.74 Å². The molecule has 2 aromatic heterocycles. The third-order valence-corrected chi connectivity index (χ3v) is 6.58. The Balaban J connectivity index is 2.07. The minimum atomic E-state index is -3.67. The Morgan fingerprint density at radius 1 is 1.17 bits per heavy atom. The first-order valence-corrected chi connectivity index (χ1v) is 9.52. The number of aromatic nitrogens is 1. The van der Waals surface area contributed by atoms with Gasteiger partial charge in [0.2, 0.25) is 0 Å². The number of rotatable bonds is 6. The van der Waals surface area contributed by atoms with Crippen LogP contribution in [0.3, 0.4) is 0 Å². The lowest BCUT2D eigenvalue weighted by molar-refractivity contribution is 0.415. The molecule has 5 nitrogen and oxygen atoms in total. The molecule has 2 heterocycles. The fourth-order valence-corrected chi connectivity index (χ4v) is 4.81. The molecule has 0 atom stereocenters. The second kappa shape index (κ2) is 7.02. The Morgan fingerprint density at radius 3 is 2.71 bits per heavy atom. The molecule has 0 spiro atoms. The number of sulfonamides is 1. The first-order chi connectivity index (χ1) is 11.6. The van der Waals surface area contributed by atoms with Gasteiger partial charge in [0, 0.05) is 18.5 Å². The molecule has 3 aromatic rings. The van der Waals surface area contributed by atoms with Crippen LogP contribution in [0.2, 0.25) is 0 Å². The lowest BCUT2D eigenvalue weighted by Crippen LogP contribution is -2.30. The van der Waals surface area contributed by atoms with Crippen molar-refractivity contribution in [2.24, 2.45) is 0 Å². The number of methoxy groups -OCH3 is 1. The Labute approximate surface area is 145 Å². The van der Waals surface area contributed by atoms with E-state index >= 15 is 0 Å². The van der Waals surface area contributed by atoms with Crippen LogP contribution in [0.25, 0.3) is 0 Å². The number of hydrogen-bond donors (Lipinski definition) is 0. The zero-order chi connectivity index (χ0) is 17.0. The first-order valence-electron chi connectivity index (χ1n) is 7.20. The van der Waals surface area contributed by atoms with Crippen molar-refractivity contribution in [3.8, 4) is 5.75 Å². The lowest BCUT2D eigenvalue weighted by Gasteiger charge is -2.24. The largest absolute Gasteiger partial charge is 0.497 e. The molecule has 24 heavy (non-hydrogen) atoms. The Kier molecular flexibility index (Phi) is 4.82. The van der Waals surface area contributed by atoms with Gasteiger partial charge < -0.3 is 4.74 Å². The van der Waals surface area contributed by atoms with Crippen LogP contribution >= 0.6 is 11.3 Å². The summed E-state index contributed by atoms with van der Waals surface area (Å²) in [6.07, 6.45) is 3.32. The average molecular weight is 360 g/mol. The van der Waals surface area contributed by atoms with Gasteiger partial charge in [-0.05, 0) is 35.2 Å². The predicted octanol–water partition coefficient (Wildman–Crippen LogP) is 3.55. The van der Waals surface area contributed by atoms with Gasteiger partial charge >= 0.3 is 0 Å². The maximum Gasteiger partial charge on any atom is 0.274 e. The van der Waals surface area contributed by atoms with Gasteiger partial charge in [-0.3, -0.25) is 9.29 Å². The number of anilines is 1. The molecular weight excluding hydrogens is 344 g/mol. The Morgan fingerprint density at radius 2 is 2.04 bits per heavy atom. The molecule has 0 unspecified atom stereocenters. The number of ether oxygens (including phenoxy) is 1. The Hall–Kier alpha value is -2.38. The van der Waals surface area contributed by atoms with Crippen LogP contribution in [-0.4, -0.2) is 20.5 Å². The molecule has 124 valence electrons. The van der Waals surface area contributed by atoms with E-state index in [0.29, 0.717) is 15.6 Å². The van der Waals surface area contributed by atoms with Crippen LogP contribution in [0.1, 0.15) is 5.56 Å². The summed E-state index contributed by atoms with van der Waals surface area (Å²) in [5, 5.41) is 1.75. The highest BCUT2D eigenvalue weighted by Crippen LogP contribution is 2.30. The highest BCUT2D eigenvalue weighted by molar-refractivity contribution is 7.94. The molecular formula is C17H16N2O3S2. The molecule has 1 aromatic carbocycles. The molecule has 0 saturated heterocycles. The zero-order valence-corrected chi connectivity index (χ0v) is 14.6. The van der Waals surface area contributed by atoms with Gasteiger partial charge in [-0.25, -0.2) is 8.42 Å². The number of nitrogens with zero attached hydrogens (tertiary/aromatic N) is 2. The third-order valence-electron chi connectivity index (χ3n) is 3.43. The molecule has 0 fully saturated rings. The van der Waals surface area contributed by atoms with Gasteiger partial charge in [0.15, 0.2) is 0 Å². The van der Waals surface area contributed by atoms with E-state index in [1.54, 1.807) is 67.3 Å². The highest BCUT2D eigenvalue weighted by Gasteiger charge is 2.26. The second-order valence-corrected chi connectivity index (χ2v) is 8.04. The van der Waals surface area contributed by atoms with Crippen molar-refractivity contribution in [1.29, 1.82) is 0 Å². The number of thiophene rings is 1. The summed E-state index contributed by atoms with van der Waals surface area (Å²) in [4.78, 5) is 4.07. The van der Waals surface area contributed by atoms with Crippen molar-refractivity contribution < 1.29 is 13.2 Å². The van der Waals surface area contributed by atoms with E-state index in [-0.39, 0.29) is 6.54 Å². The van der Waals surface area contributed by atoms with Crippen molar-refractivity contribution in [2.45, 2.75) is 10.8 Å². The molecule has 0 aliphatic heterocycles. The molecule has 0 amide bonds. The maximum atomic E-state index is 13.1. The van der Waals surface area contributed by atoms with E-state index < -0.39 is 10.0 Å².